The van der Waals surface area contributed by atoms with E-state index in [2.05, 4.69) is 9.84 Å². The number of halogens is 1. The van der Waals surface area contributed by atoms with Crippen molar-refractivity contribution in [2.45, 2.75) is 0 Å². The van der Waals surface area contributed by atoms with Crippen LogP contribution in [0.1, 0.15) is 15.9 Å². The van der Waals surface area contributed by atoms with Crippen LogP contribution in [-0.2, 0) is 4.74 Å². The Balaban J connectivity index is 2.21. The molecule has 0 saturated carbocycles. The zero-order valence-corrected chi connectivity index (χ0v) is 13.7. The number of non-ortho nitro benzene ring substituents is 1. The molecule has 0 atom stereocenters. The molecule has 2 rings (SSSR count). The molecule has 8 nitrogen and oxygen atoms in total. The third-order valence-electron chi connectivity index (χ3n) is 3.13. The Bertz CT molecular complexity index is 819. The smallest absolute Gasteiger partial charge is 0.341 e. The second-order valence-electron chi connectivity index (χ2n) is 4.70. The fraction of sp³-hybridized carbons (Fsp3) is 0.0625. The van der Waals surface area contributed by atoms with Gasteiger partial charge in [-0.2, -0.15) is 10.1 Å². The number of nitrogens with zero attached hydrogens (tertiary/aromatic N) is 3. The standard InChI is InChI=1S/C16H12ClN3O5/c1-25-15(21)12-4-2-11(3-5-12)10-18-19(16(17)22)13-6-8-14(9-7-13)20(23)24/h2-10H,1H3/b18-10+. The number of esters is 1. The van der Waals surface area contributed by atoms with Crippen molar-refractivity contribution in [3.63, 3.8) is 0 Å². The van der Waals surface area contributed by atoms with Crippen molar-refractivity contribution >= 4 is 40.5 Å². The highest BCUT2D eigenvalue weighted by Crippen LogP contribution is 2.21. The van der Waals surface area contributed by atoms with E-state index in [0.29, 0.717) is 11.1 Å². The highest BCUT2D eigenvalue weighted by molar-refractivity contribution is 6.66. The summed E-state index contributed by atoms with van der Waals surface area (Å²) in [5.41, 5.74) is 1.14. The largest absolute Gasteiger partial charge is 0.465 e. The van der Waals surface area contributed by atoms with Gasteiger partial charge in [-0.15, -0.1) is 0 Å². The molecule has 9 heteroatoms. The summed E-state index contributed by atoms with van der Waals surface area (Å²) in [5, 5.41) is 14.6. The maximum atomic E-state index is 11.5. The Hall–Kier alpha value is -3.26. The minimum Gasteiger partial charge on any atom is -0.465 e. The molecule has 1 amide bonds. The first-order chi connectivity index (χ1) is 11.9. The number of benzene rings is 2. The van der Waals surface area contributed by atoms with Gasteiger partial charge in [0.1, 0.15) is 0 Å². The first-order valence-electron chi connectivity index (χ1n) is 6.89. The van der Waals surface area contributed by atoms with Gasteiger partial charge in [0.05, 0.1) is 29.5 Å². The molecule has 0 fully saturated rings. The van der Waals surface area contributed by atoms with Crippen LogP contribution in [0, 0.1) is 10.1 Å². The molecule has 0 bridgehead atoms. The summed E-state index contributed by atoms with van der Waals surface area (Å²) in [4.78, 5) is 33.0. The van der Waals surface area contributed by atoms with E-state index in [0.717, 1.165) is 5.01 Å². The van der Waals surface area contributed by atoms with Crippen molar-refractivity contribution < 1.29 is 19.2 Å². The molecule has 0 aromatic heterocycles. The number of hydrazone groups is 1. The average molecular weight is 362 g/mol. The van der Waals surface area contributed by atoms with E-state index in [9.17, 15) is 19.7 Å². The molecule has 128 valence electrons. The van der Waals surface area contributed by atoms with Crippen LogP contribution in [0.15, 0.2) is 53.6 Å². The minimum atomic E-state index is -0.878. The van der Waals surface area contributed by atoms with E-state index < -0.39 is 16.3 Å². The number of ether oxygens (including phenoxy) is 1. The Morgan fingerprint density at radius 1 is 1.16 bits per heavy atom. The Morgan fingerprint density at radius 3 is 2.24 bits per heavy atom. The van der Waals surface area contributed by atoms with Gasteiger partial charge in [0.2, 0.25) is 0 Å². The molecule has 0 aliphatic heterocycles. The maximum Gasteiger partial charge on any atom is 0.341 e. The number of amides is 1. The minimum absolute atomic E-state index is 0.117. The molecular weight excluding hydrogens is 350 g/mol. The molecule has 0 saturated heterocycles. The summed E-state index contributed by atoms with van der Waals surface area (Å²) in [6.07, 6.45) is 1.36. The molecule has 0 N–H and O–H groups in total. The maximum absolute atomic E-state index is 11.5. The number of nitro benzene ring substituents is 1. The van der Waals surface area contributed by atoms with Crippen molar-refractivity contribution in [1.29, 1.82) is 0 Å². The van der Waals surface area contributed by atoms with Gasteiger partial charge in [-0.05, 0) is 41.4 Å². The number of carbonyl (C=O) groups is 2. The fourth-order valence-electron chi connectivity index (χ4n) is 1.88. The Morgan fingerprint density at radius 2 is 1.76 bits per heavy atom. The van der Waals surface area contributed by atoms with Crippen molar-refractivity contribution in [2.75, 3.05) is 12.1 Å². The molecule has 25 heavy (non-hydrogen) atoms. The summed E-state index contributed by atoms with van der Waals surface area (Å²) >= 11 is 5.51. The van der Waals surface area contributed by atoms with Gasteiger partial charge < -0.3 is 4.74 Å². The lowest BCUT2D eigenvalue weighted by molar-refractivity contribution is -0.384. The summed E-state index contributed by atoms with van der Waals surface area (Å²) in [6.45, 7) is 0. The predicted octanol–water partition coefficient (Wildman–Crippen LogP) is 3.58. The third-order valence-corrected chi connectivity index (χ3v) is 3.29. The highest BCUT2D eigenvalue weighted by Gasteiger charge is 2.14. The zero-order valence-electron chi connectivity index (χ0n) is 13.0. The molecule has 2 aromatic rings. The molecule has 0 unspecified atom stereocenters. The predicted molar refractivity (Wildman–Crippen MR) is 92.2 cm³/mol. The molecule has 0 heterocycles. The summed E-state index contributed by atoms with van der Waals surface area (Å²) in [5.74, 6) is -0.466. The lowest BCUT2D eigenvalue weighted by Gasteiger charge is -2.13. The molecule has 0 radical (unpaired) electrons. The first-order valence-corrected chi connectivity index (χ1v) is 7.26. The van der Waals surface area contributed by atoms with Gasteiger partial charge in [0, 0.05) is 12.1 Å². The Labute approximate surface area is 147 Å². The van der Waals surface area contributed by atoms with Crippen LogP contribution in [0.25, 0.3) is 0 Å². The average Bonchev–Trinajstić information content (AvgIpc) is 2.62. The molecule has 0 aliphatic carbocycles. The Kier molecular flexibility index (Phi) is 5.80. The lowest BCUT2D eigenvalue weighted by Crippen LogP contribution is -2.19. The van der Waals surface area contributed by atoms with E-state index in [-0.39, 0.29) is 11.4 Å². The van der Waals surface area contributed by atoms with Crippen molar-refractivity contribution in [3.8, 4) is 0 Å². The molecular formula is C16H12ClN3O5. The molecule has 2 aromatic carbocycles. The van der Waals surface area contributed by atoms with Crippen LogP contribution in [0.5, 0.6) is 0 Å². The van der Waals surface area contributed by atoms with Crippen molar-refractivity contribution in [3.05, 3.63) is 69.8 Å². The van der Waals surface area contributed by atoms with Gasteiger partial charge in [0.25, 0.3) is 5.69 Å². The summed E-state index contributed by atoms with van der Waals surface area (Å²) < 4.78 is 4.60. The quantitative estimate of drug-likeness (QED) is 0.202. The summed E-state index contributed by atoms with van der Waals surface area (Å²) in [7, 11) is 1.28. The van der Waals surface area contributed by atoms with Crippen LogP contribution in [0.2, 0.25) is 0 Å². The zero-order chi connectivity index (χ0) is 18.4. The fourth-order valence-corrected chi connectivity index (χ4v) is 2.02. The third kappa shape index (κ3) is 4.61. The van der Waals surface area contributed by atoms with Gasteiger partial charge in [-0.25, -0.2) is 4.79 Å². The van der Waals surface area contributed by atoms with Crippen LogP contribution in [0.3, 0.4) is 0 Å². The number of hydrogen-bond acceptors (Lipinski definition) is 6. The number of carbonyl (C=O) groups excluding carboxylic acids is 2. The van der Waals surface area contributed by atoms with Crippen LogP contribution in [0.4, 0.5) is 16.2 Å². The summed E-state index contributed by atoms with van der Waals surface area (Å²) in [6, 6.07) is 11.5. The highest BCUT2D eigenvalue weighted by atomic mass is 35.5. The van der Waals surface area contributed by atoms with Crippen LogP contribution >= 0.6 is 11.6 Å². The number of nitro groups is 1. The normalized spacial score (nSPS) is 10.5. The number of rotatable bonds is 5. The van der Waals surface area contributed by atoms with E-state index in [1.54, 1.807) is 24.3 Å². The van der Waals surface area contributed by atoms with Crippen LogP contribution in [-0.4, -0.2) is 29.6 Å². The number of hydrogen-bond donors (Lipinski definition) is 0. The van der Waals surface area contributed by atoms with Gasteiger partial charge in [-0.1, -0.05) is 12.1 Å². The lowest BCUT2D eigenvalue weighted by atomic mass is 10.1. The van der Waals surface area contributed by atoms with Gasteiger partial charge in [-0.3, -0.25) is 14.9 Å². The number of anilines is 1. The van der Waals surface area contributed by atoms with E-state index in [4.69, 9.17) is 11.6 Å². The van der Waals surface area contributed by atoms with Crippen molar-refractivity contribution in [2.24, 2.45) is 5.10 Å². The van der Waals surface area contributed by atoms with E-state index in [1.807, 2.05) is 0 Å². The molecule has 0 aliphatic rings. The second-order valence-corrected chi connectivity index (χ2v) is 5.02. The van der Waals surface area contributed by atoms with Crippen molar-refractivity contribution in [1.82, 2.24) is 0 Å². The first kappa shape index (κ1) is 18.1. The van der Waals surface area contributed by atoms with E-state index >= 15 is 0 Å². The van der Waals surface area contributed by atoms with E-state index in [1.165, 1.54) is 37.6 Å². The topological polar surface area (TPSA) is 102 Å². The SMILES string of the molecule is COC(=O)c1ccc(/C=N/N(C(=O)Cl)c2ccc([N+](=O)[O-])cc2)cc1. The number of methoxy groups -OCH3 is 1. The van der Waals surface area contributed by atoms with Crippen LogP contribution < -0.4 is 5.01 Å². The van der Waals surface area contributed by atoms with Gasteiger partial charge in [0.15, 0.2) is 0 Å². The second kappa shape index (κ2) is 8.02. The van der Waals surface area contributed by atoms with Gasteiger partial charge >= 0.3 is 11.3 Å². The molecule has 0 spiro atoms. The monoisotopic (exact) mass is 361 g/mol.